The Hall–Kier alpha value is -2.70. The maximum atomic E-state index is 13.3. The van der Waals surface area contributed by atoms with Gasteiger partial charge in [0.2, 0.25) is 0 Å². The van der Waals surface area contributed by atoms with Gasteiger partial charge in [0.25, 0.3) is 11.5 Å². The van der Waals surface area contributed by atoms with Gasteiger partial charge in [-0.05, 0) is 67.4 Å². The van der Waals surface area contributed by atoms with Crippen LogP contribution in [0.4, 0.5) is 5.69 Å². The minimum atomic E-state index is -0.554. The first kappa shape index (κ1) is 19.6. The molecule has 1 aliphatic rings. The molecule has 0 saturated carbocycles. The molecular formula is C22H16BrClN2O3. The van der Waals surface area contributed by atoms with E-state index < -0.39 is 11.5 Å². The zero-order chi connectivity index (χ0) is 20.5. The number of carbonyl (C=O) groups excluding carboxylic acids is 2. The summed E-state index contributed by atoms with van der Waals surface area (Å²) in [6, 6.07) is 15.2. The number of fused-ring (bicyclic) bond motifs is 1. The molecule has 146 valence electrons. The van der Waals surface area contributed by atoms with E-state index in [1.165, 1.54) is 10.6 Å². The molecule has 1 aliphatic carbocycles. The molecular weight excluding hydrogens is 456 g/mol. The summed E-state index contributed by atoms with van der Waals surface area (Å²) in [4.78, 5) is 38.7. The summed E-state index contributed by atoms with van der Waals surface area (Å²) in [6.07, 6.45) is 1.66. The lowest BCUT2D eigenvalue weighted by Gasteiger charge is -2.21. The summed E-state index contributed by atoms with van der Waals surface area (Å²) in [6.45, 7) is 0. The highest BCUT2D eigenvalue weighted by molar-refractivity contribution is 9.10. The molecule has 0 bridgehead atoms. The number of aromatic nitrogens is 1. The van der Waals surface area contributed by atoms with Crippen LogP contribution in [0, 0.1) is 0 Å². The van der Waals surface area contributed by atoms with Crippen molar-refractivity contribution in [2.24, 2.45) is 0 Å². The number of hydrogen-bond donors (Lipinski definition) is 1. The number of amides is 1. The van der Waals surface area contributed by atoms with Crippen molar-refractivity contribution in [3.8, 4) is 5.69 Å². The first-order valence-electron chi connectivity index (χ1n) is 9.09. The Morgan fingerprint density at radius 1 is 1.00 bits per heavy atom. The Balaban J connectivity index is 1.85. The smallest absolute Gasteiger partial charge is 0.268 e. The molecule has 7 heteroatoms. The summed E-state index contributed by atoms with van der Waals surface area (Å²) < 4.78 is 2.33. The van der Waals surface area contributed by atoms with Crippen LogP contribution in [0.2, 0.25) is 5.02 Å². The summed E-state index contributed by atoms with van der Waals surface area (Å²) in [5.41, 5.74) is 1.65. The second-order valence-electron chi connectivity index (χ2n) is 6.77. The number of benzene rings is 2. The fraction of sp³-hybridized carbons (Fsp3) is 0.136. The zero-order valence-corrected chi connectivity index (χ0v) is 17.6. The number of nitrogens with one attached hydrogen (secondary N) is 1. The minimum Gasteiger partial charge on any atom is -0.322 e. The number of halogens is 2. The number of pyridine rings is 1. The third-order valence-electron chi connectivity index (χ3n) is 4.85. The standard InChI is InChI=1S/C22H16BrClN2O3/c23-13-4-8-15(9-5-13)25-21(28)18-12-17-19(2-1-3-20(17)27)26(22(18)29)16-10-6-14(24)7-11-16/h4-12H,1-3H2,(H,25,28). The van der Waals surface area contributed by atoms with Gasteiger partial charge in [0.15, 0.2) is 5.78 Å². The molecule has 0 spiro atoms. The SMILES string of the molecule is O=C1CCCc2c1cc(C(=O)Nc1ccc(Br)cc1)c(=O)n2-c1ccc(Cl)cc1. The topological polar surface area (TPSA) is 68.2 Å². The Kier molecular flexibility index (Phi) is 5.39. The molecule has 4 rings (SSSR count). The van der Waals surface area contributed by atoms with Crippen molar-refractivity contribution in [1.29, 1.82) is 0 Å². The van der Waals surface area contributed by atoms with Gasteiger partial charge in [-0.3, -0.25) is 19.0 Å². The highest BCUT2D eigenvalue weighted by Crippen LogP contribution is 2.24. The lowest BCUT2D eigenvalue weighted by molar-refractivity contribution is 0.0971. The van der Waals surface area contributed by atoms with Crippen molar-refractivity contribution in [1.82, 2.24) is 4.57 Å². The second kappa shape index (κ2) is 7.97. The molecule has 1 heterocycles. The van der Waals surface area contributed by atoms with Crippen molar-refractivity contribution >= 4 is 44.9 Å². The maximum Gasteiger partial charge on any atom is 0.268 e. The number of Topliss-reactive ketones (excluding diaryl/α,β-unsaturated/α-hetero) is 1. The molecule has 0 radical (unpaired) electrons. The van der Waals surface area contributed by atoms with E-state index in [1.54, 1.807) is 48.5 Å². The van der Waals surface area contributed by atoms with Crippen LogP contribution in [0.15, 0.2) is 63.9 Å². The van der Waals surface area contributed by atoms with Crippen molar-refractivity contribution in [2.75, 3.05) is 5.32 Å². The number of ketones is 1. The van der Waals surface area contributed by atoms with Crippen LogP contribution in [0.3, 0.4) is 0 Å². The second-order valence-corrected chi connectivity index (χ2v) is 8.13. The number of hydrogen-bond acceptors (Lipinski definition) is 3. The van der Waals surface area contributed by atoms with E-state index in [1.807, 2.05) is 0 Å². The molecule has 0 aliphatic heterocycles. The molecule has 5 nitrogen and oxygen atoms in total. The van der Waals surface area contributed by atoms with Crippen LogP contribution in [0.25, 0.3) is 5.69 Å². The third kappa shape index (κ3) is 3.91. The molecule has 3 aromatic rings. The largest absolute Gasteiger partial charge is 0.322 e. The Morgan fingerprint density at radius 2 is 1.69 bits per heavy atom. The third-order valence-corrected chi connectivity index (χ3v) is 5.63. The first-order valence-corrected chi connectivity index (χ1v) is 10.3. The van der Waals surface area contributed by atoms with Gasteiger partial charge in [0, 0.05) is 38.5 Å². The summed E-state index contributed by atoms with van der Waals surface area (Å²) >= 11 is 9.32. The summed E-state index contributed by atoms with van der Waals surface area (Å²) in [7, 11) is 0. The van der Waals surface area contributed by atoms with Gasteiger partial charge in [-0.2, -0.15) is 0 Å². The van der Waals surface area contributed by atoms with E-state index in [-0.39, 0.29) is 11.3 Å². The highest BCUT2D eigenvalue weighted by atomic mass is 79.9. The van der Waals surface area contributed by atoms with E-state index in [0.717, 1.165) is 4.47 Å². The number of nitrogens with zero attached hydrogens (tertiary/aromatic N) is 1. The Bertz CT molecular complexity index is 1170. The van der Waals surface area contributed by atoms with Crippen LogP contribution in [-0.4, -0.2) is 16.3 Å². The van der Waals surface area contributed by atoms with Crippen molar-refractivity contribution in [2.45, 2.75) is 19.3 Å². The van der Waals surface area contributed by atoms with Gasteiger partial charge in [0.1, 0.15) is 5.56 Å². The van der Waals surface area contributed by atoms with Gasteiger partial charge in [-0.25, -0.2) is 0 Å². The van der Waals surface area contributed by atoms with Crippen LogP contribution >= 0.6 is 27.5 Å². The molecule has 1 amide bonds. The van der Waals surface area contributed by atoms with Gasteiger partial charge in [-0.1, -0.05) is 27.5 Å². The van der Waals surface area contributed by atoms with Crippen molar-refractivity contribution in [3.05, 3.63) is 91.3 Å². The van der Waals surface area contributed by atoms with E-state index in [4.69, 9.17) is 11.6 Å². The van der Waals surface area contributed by atoms with Crippen molar-refractivity contribution < 1.29 is 9.59 Å². The van der Waals surface area contributed by atoms with Gasteiger partial charge in [-0.15, -0.1) is 0 Å². The zero-order valence-electron chi connectivity index (χ0n) is 15.2. The summed E-state index contributed by atoms with van der Waals surface area (Å²) in [5, 5.41) is 3.27. The molecule has 1 aromatic heterocycles. The highest BCUT2D eigenvalue weighted by Gasteiger charge is 2.26. The van der Waals surface area contributed by atoms with Crippen LogP contribution in [0.5, 0.6) is 0 Å². The van der Waals surface area contributed by atoms with Crippen LogP contribution in [0.1, 0.15) is 39.3 Å². The van der Waals surface area contributed by atoms with Crippen LogP contribution in [-0.2, 0) is 6.42 Å². The minimum absolute atomic E-state index is 0.0633. The predicted octanol–water partition coefficient (Wildman–Crippen LogP) is 5.02. The lowest BCUT2D eigenvalue weighted by atomic mass is 9.92. The van der Waals surface area contributed by atoms with E-state index in [2.05, 4.69) is 21.2 Å². The quantitative estimate of drug-likeness (QED) is 0.583. The lowest BCUT2D eigenvalue weighted by Crippen LogP contribution is -2.33. The van der Waals surface area contributed by atoms with E-state index in [9.17, 15) is 14.4 Å². The van der Waals surface area contributed by atoms with Crippen LogP contribution < -0.4 is 10.9 Å². The molecule has 2 aromatic carbocycles. The fourth-order valence-corrected chi connectivity index (χ4v) is 3.84. The van der Waals surface area contributed by atoms with E-state index in [0.29, 0.717) is 46.9 Å². The Labute approximate surface area is 180 Å². The summed E-state index contributed by atoms with van der Waals surface area (Å²) in [5.74, 6) is -0.618. The van der Waals surface area contributed by atoms with Gasteiger partial charge >= 0.3 is 0 Å². The monoisotopic (exact) mass is 470 g/mol. The number of rotatable bonds is 3. The average Bonchev–Trinajstić information content (AvgIpc) is 2.70. The first-order chi connectivity index (χ1) is 13.9. The van der Waals surface area contributed by atoms with Gasteiger partial charge < -0.3 is 5.32 Å². The fourth-order valence-electron chi connectivity index (χ4n) is 3.45. The number of carbonyl (C=O) groups is 2. The molecule has 1 N–H and O–H groups in total. The normalized spacial score (nSPS) is 13.1. The molecule has 29 heavy (non-hydrogen) atoms. The molecule has 0 atom stereocenters. The van der Waals surface area contributed by atoms with Gasteiger partial charge in [0.05, 0.1) is 0 Å². The Morgan fingerprint density at radius 3 is 2.38 bits per heavy atom. The average molecular weight is 472 g/mol. The molecule has 0 saturated heterocycles. The number of anilines is 1. The predicted molar refractivity (Wildman–Crippen MR) is 116 cm³/mol. The van der Waals surface area contributed by atoms with E-state index >= 15 is 0 Å². The maximum absolute atomic E-state index is 13.3. The molecule has 0 fully saturated rings. The van der Waals surface area contributed by atoms with Crippen molar-refractivity contribution in [3.63, 3.8) is 0 Å². The molecule has 0 unspecified atom stereocenters.